The molecule has 0 aromatic carbocycles. The number of ether oxygens (including phenoxy) is 1. The number of esters is 1. The predicted molar refractivity (Wildman–Crippen MR) is 34.1 cm³/mol. The molecule has 0 unspecified atom stereocenters. The molecule has 0 bridgehead atoms. The van der Waals surface area contributed by atoms with Gasteiger partial charge < -0.3 is 15.6 Å². The number of carbonyl (C=O) groups is 1. The molecule has 58 valence electrons. The van der Waals surface area contributed by atoms with Crippen molar-refractivity contribution in [2.24, 2.45) is 11.7 Å². The fourth-order valence-electron chi connectivity index (χ4n) is 0.780. The van der Waals surface area contributed by atoms with Crippen molar-refractivity contribution in [2.75, 3.05) is 13.2 Å². The summed E-state index contributed by atoms with van der Waals surface area (Å²) in [4.78, 5) is 10.8. The van der Waals surface area contributed by atoms with Gasteiger partial charge >= 0.3 is 5.97 Å². The monoisotopic (exact) mass is 147 g/mol. The van der Waals surface area contributed by atoms with Gasteiger partial charge in [-0.2, -0.15) is 0 Å². The van der Waals surface area contributed by atoms with E-state index in [4.69, 9.17) is 13.6 Å². The standard InChI is InChI=1S/C6H11NO3/c7-5-1-4(2-8)3-10-6(5)9/h4-5,8H,1-3,7H2/t4-,5+/m0/s1/i3D2. The summed E-state index contributed by atoms with van der Waals surface area (Å²) in [6.07, 6.45) is 0.127. The normalized spacial score (nSPS) is 41.6. The van der Waals surface area contributed by atoms with Crippen molar-refractivity contribution in [3.63, 3.8) is 0 Å². The topological polar surface area (TPSA) is 72.5 Å². The summed E-state index contributed by atoms with van der Waals surface area (Å²) in [5.41, 5.74) is 5.31. The van der Waals surface area contributed by atoms with Gasteiger partial charge in [0.1, 0.15) is 6.04 Å². The molecule has 3 N–H and O–H groups in total. The third-order valence-electron chi connectivity index (χ3n) is 1.39. The van der Waals surface area contributed by atoms with E-state index in [0.717, 1.165) is 0 Å². The first-order valence-corrected chi connectivity index (χ1v) is 3.06. The number of rotatable bonds is 1. The second kappa shape index (κ2) is 2.98. The first-order chi connectivity index (χ1) is 5.47. The summed E-state index contributed by atoms with van der Waals surface area (Å²) in [5, 5.41) is 8.74. The average molecular weight is 147 g/mol. The van der Waals surface area contributed by atoms with Crippen molar-refractivity contribution in [1.29, 1.82) is 0 Å². The minimum Gasteiger partial charge on any atom is -0.464 e. The highest BCUT2D eigenvalue weighted by molar-refractivity contribution is 5.76. The number of hydrogen-bond acceptors (Lipinski definition) is 4. The largest absolute Gasteiger partial charge is 0.464 e. The van der Waals surface area contributed by atoms with E-state index in [2.05, 4.69) is 4.74 Å². The fourth-order valence-corrected chi connectivity index (χ4v) is 0.780. The van der Waals surface area contributed by atoms with E-state index in [-0.39, 0.29) is 13.0 Å². The molecule has 10 heavy (non-hydrogen) atoms. The maximum absolute atomic E-state index is 10.8. The molecule has 1 saturated heterocycles. The van der Waals surface area contributed by atoms with Crippen molar-refractivity contribution in [3.05, 3.63) is 0 Å². The Hall–Kier alpha value is -0.610. The maximum atomic E-state index is 10.8. The Kier molecular flexibility index (Phi) is 1.52. The molecule has 4 nitrogen and oxygen atoms in total. The number of aliphatic hydroxyl groups excluding tert-OH is 1. The third-order valence-corrected chi connectivity index (χ3v) is 1.39. The molecule has 0 aromatic rings. The van der Waals surface area contributed by atoms with E-state index in [1.807, 2.05) is 0 Å². The van der Waals surface area contributed by atoms with Crippen LogP contribution in [0.4, 0.5) is 0 Å². The quantitative estimate of drug-likeness (QED) is 0.460. The van der Waals surface area contributed by atoms with Crippen LogP contribution >= 0.6 is 0 Å². The number of cyclic esters (lactones) is 1. The minimum absolute atomic E-state index is 0.127. The molecule has 0 aromatic heterocycles. The summed E-state index contributed by atoms with van der Waals surface area (Å²) in [6.45, 7) is -2.45. The molecule has 1 fully saturated rings. The highest BCUT2D eigenvalue weighted by Crippen LogP contribution is 2.12. The van der Waals surface area contributed by atoms with Crippen LogP contribution in [0.5, 0.6) is 0 Å². The van der Waals surface area contributed by atoms with Gasteiger partial charge in [0, 0.05) is 12.5 Å². The van der Waals surface area contributed by atoms with Crippen LogP contribution in [0.1, 0.15) is 9.16 Å². The van der Waals surface area contributed by atoms with Gasteiger partial charge in [0.15, 0.2) is 0 Å². The summed E-state index contributed by atoms with van der Waals surface area (Å²) >= 11 is 0. The van der Waals surface area contributed by atoms with Crippen LogP contribution in [0.15, 0.2) is 0 Å². The number of hydrogen-bond donors (Lipinski definition) is 2. The highest BCUT2D eigenvalue weighted by Gasteiger charge is 2.26. The molecular weight excluding hydrogens is 134 g/mol. The van der Waals surface area contributed by atoms with Crippen molar-refractivity contribution in [3.8, 4) is 0 Å². The third kappa shape index (κ3) is 1.46. The van der Waals surface area contributed by atoms with Gasteiger partial charge in [0.05, 0.1) is 9.30 Å². The zero-order chi connectivity index (χ0) is 9.35. The van der Waals surface area contributed by atoms with Crippen LogP contribution in [0, 0.1) is 5.92 Å². The van der Waals surface area contributed by atoms with Gasteiger partial charge in [-0.1, -0.05) is 0 Å². The molecule has 1 aliphatic heterocycles. The molecule has 0 aliphatic carbocycles. The van der Waals surface area contributed by atoms with Crippen LogP contribution in [0.25, 0.3) is 0 Å². The molecule has 0 saturated carbocycles. The molecule has 0 amide bonds. The maximum Gasteiger partial charge on any atom is 0.322 e. The number of aliphatic hydroxyl groups is 1. The molecule has 0 radical (unpaired) electrons. The van der Waals surface area contributed by atoms with Crippen LogP contribution < -0.4 is 5.73 Å². The molecule has 2 atom stereocenters. The van der Waals surface area contributed by atoms with Crippen LogP contribution in [0.2, 0.25) is 0 Å². The van der Waals surface area contributed by atoms with Gasteiger partial charge in [-0.25, -0.2) is 0 Å². The van der Waals surface area contributed by atoms with Crippen LogP contribution in [-0.4, -0.2) is 30.3 Å². The van der Waals surface area contributed by atoms with Crippen molar-refractivity contribution >= 4 is 5.97 Å². The molecular formula is C6H11NO3. The van der Waals surface area contributed by atoms with E-state index < -0.39 is 24.5 Å². The Balaban J connectivity index is 2.72. The van der Waals surface area contributed by atoms with Gasteiger partial charge in [0.25, 0.3) is 0 Å². The summed E-state index contributed by atoms with van der Waals surface area (Å²) in [7, 11) is 0. The van der Waals surface area contributed by atoms with Crippen LogP contribution in [0.3, 0.4) is 0 Å². The minimum atomic E-state index is -2.08. The Morgan fingerprint density at radius 3 is 3.30 bits per heavy atom. The van der Waals surface area contributed by atoms with Crippen molar-refractivity contribution < 1.29 is 17.4 Å². The average Bonchev–Trinajstić information content (AvgIpc) is 1.96. The summed E-state index contributed by atoms with van der Waals surface area (Å²) < 4.78 is 18.8. The number of carbonyl (C=O) groups excluding carboxylic acids is 1. The van der Waals surface area contributed by atoms with Gasteiger partial charge in [-0.15, -0.1) is 0 Å². The zero-order valence-corrected chi connectivity index (χ0v) is 5.41. The second-order valence-electron chi connectivity index (χ2n) is 2.26. The highest BCUT2D eigenvalue weighted by atomic mass is 16.5. The SMILES string of the molecule is [2H]C1([2H])OC(=O)[C@H](N)C[C@H]1CO. The lowest BCUT2D eigenvalue weighted by Crippen LogP contribution is -2.41. The lowest BCUT2D eigenvalue weighted by atomic mass is 10.00. The summed E-state index contributed by atoms with van der Waals surface area (Å²) in [6, 6.07) is -0.814. The van der Waals surface area contributed by atoms with Crippen molar-refractivity contribution in [2.45, 2.75) is 12.5 Å². The Morgan fingerprint density at radius 1 is 2.00 bits per heavy atom. The lowest BCUT2D eigenvalue weighted by Gasteiger charge is -2.23. The molecule has 1 rings (SSSR count). The van der Waals surface area contributed by atoms with E-state index in [9.17, 15) is 4.79 Å². The zero-order valence-electron chi connectivity index (χ0n) is 7.41. The molecule has 0 spiro atoms. The van der Waals surface area contributed by atoms with Crippen molar-refractivity contribution in [1.82, 2.24) is 0 Å². The Morgan fingerprint density at radius 2 is 2.70 bits per heavy atom. The number of nitrogens with two attached hydrogens (primary N) is 1. The Labute approximate surface area is 61.8 Å². The van der Waals surface area contributed by atoms with Crippen LogP contribution in [-0.2, 0) is 9.53 Å². The van der Waals surface area contributed by atoms with E-state index in [0.29, 0.717) is 0 Å². The second-order valence-corrected chi connectivity index (χ2v) is 2.26. The molecule has 4 heteroatoms. The smallest absolute Gasteiger partial charge is 0.322 e. The molecule has 1 heterocycles. The first-order valence-electron chi connectivity index (χ1n) is 4.06. The van der Waals surface area contributed by atoms with E-state index in [1.165, 1.54) is 0 Å². The Bertz CT molecular complexity index is 197. The summed E-state index contributed by atoms with van der Waals surface area (Å²) in [5.74, 6) is -1.46. The fraction of sp³-hybridized carbons (Fsp3) is 0.833. The van der Waals surface area contributed by atoms with E-state index >= 15 is 0 Å². The predicted octanol–water partition coefficient (Wildman–Crippen LogP) is -1.13. The van der Waals surface area contributed by atoms with Gasteiger partial charge in [-0.3, -0.25) is 4.79 Å². The molecule has 1 aliphatic rings. The lowest BCUT2D eigenvalue weighted by molar-refractivity contribution is -0.152. The van der Waals surface area contributed by atoms with Gasteiger partial charge in [-0.05, 0) is 6.42 Å². The first kappa shape index (κ1) is 5.09. The van der Waals surface area contributed by atoms with E-state index in [1.54, 1.807) is 0 Å². The van der Waals surface area contributed by atoms with Gasteiger partial charge in [0.2, 0.25) is 0 Å².